The highest BCUT2D eigenvalue weighted by atomic mass is 35.5. The lowest BCUT2D eigenvalue weighted by Gasteiger charge is -2.37. The van der Waals surface area contributed by atoms with Crippen LogP contribution in [0.5, 0.6) is 0 Å². The van der Waals surface area contributed by atoms with Crippen LogP contribution in [0.25, 0.3) is 0 Å². The molecule has 0 saturated carbocycles. The molecule has 0 bridgehead atoms. The summed E-state index contributed by atoms with van der Waals surface area (Å²) in [7, 11) is 0. The fourth-order valence-corrected chi connectivity index (χ4v) is 2.96. The number of nitrogens with one attached hydrogen (secondary N) is 1. The second-order valence-corrected chi connectivity index (χ2v) is 5.69. The number of piperazine rings is 1. The number of hydrogen-bond donors (Lipinski definition) is 1. The first kappa shape index (κ1) is 14.2. The minimum atomic E-state index is -0.251. The molecule has 1 aliphatic rings. The van der Waals surface area contributed by atoms with Gasteiger partial charge in [-0.1, -0.05) is 29.3 Å². The summed E-state index contributed by atoms with van der Waals surface area (Å²) in [6, 6.07) is 7.78. The molecule has 0 atom stereocenters. The standard InChI is InChI=1S/C14H14Cl2N4O/c15-10-2-1-3-11(8-10)19-4-6-20(7-5-19)13-12(16)9-17-18-14(13)21/h1-3,8-9H,4-7H2,(H,18,21). The smallest absolute Gasteiger partial charge is 0.289 e. The van der Waals surface area contributed by atoms with Crippen LogP contribution in [-0.4, -0.2) is 36.4 Å². The number of aromatic nitrogens is 2. The third-order valence-electron chi connectivity index (χ3n) is 3.55. The lowest BCUT2D eigenvalue weighted by Crippen LogP contribution is -2.48. The summed E-state index contributed by atoms with van der Waals surface area (Å²) in [6.45, 7) is 3.05. The van der Waals surface area contributed by atoms with Crippen molar-refractivity contribution in [3.05, 3.63) is 50.9 Å². The molecule has 0 unspecified atom stereocenters. The van der Waals surface area contributed by atoms with Crippen LogP contribution in [0.1, 0.15) is 0 Å². The van der Waals surface area contributed by atoms with Gasteiger partial charge in [0.15, 0.2) is 0 Å². The molecule has 1 saturated heterocycles. The summed E-state index contributed by atoms with van der Waals surface area (Å²) in [5, 5.41) is 7.23. The van der Waals surface area contributed by atoms with Gasteiger partial charge >= 0.3 is 0 Å². The van der Waals surface area contributed by atoms with E-state index in [1.54, 1.807) is 0 Å². The van der Waals surface area contributed by atoms with Crippen molar-refractivity contribution in [3.63, 3.8) is 0 Å². The van der Waals surface area contributed by atoms with Crippen molar-refractivity contribution in [3.8, 4) is 0 Å². The fraction of sp³-hybridized carbons (Fsp3) is 0.286. The van der Waals surface area contributed by atoms with Crippen LogP contribution in [0, 0.1) is 0 Å². The van der Waals surface area contributed by atoms with E-state index in [-0.39, 0.29) is 5.56 Å². The maximum absolute atomic E-state index is 11.9. The van der Waals surface area contributed by atoms with E-state index in [9.17, 15) is 4.79 Å². The van der Waals surface area contributed by atoms with Crippen LogP contribution in [0.4, 0.5) is 11.4 Å². The first-order valence-electron chi connectivity index (χ1n) is 6.64. The van der Waals surface area contributed by atoms with E-state index in [4.69, 9.17) is 23.2 Å². The molecule has 2 aromatic rings. The van der Waals surface area contributed by atoms with E-state index in [1.807, 2.05) is 29.2 Å². The second kappa shape index (κ2) is 5.95. The summed E-state index contributed by atoms with van der Waals surface area (Å²) in [5.41, 5.74) is 1.34. The van der Waals surface area contributed by atoms with Crippen LogP contribution in [0.15, 0.2) is 35.3 Å². The highest BCUT2D eigenvalue weighted by Gasteiger charge is 2.21. The Hall–Kier alpha value is -1.72. The Bertz CT molecular complexity index is 695. The molecule has 1 aromatic carbocycles. The van der Waals surface area contributed by atoms with E-state index in [0.29, 0.717) is 10.7 Å². The van der Waals surface area contributed by atoms with Gasteiger partial charge < -0.3 is 9.80 Å². The van der Waals surface area contributed by atoms with E-state index < -0.39 is 0 Å². The maximum Gasteiger partial charge on any atom is 0.289 e. The Labute approximate surface area is 132 Å². The molecule has 0 amide bonds. The number of hydrogen-bond acceptors (Lipinski definition) is 4. The van der Waals surface area contributed by atoms with Crippen LogP contribution in [0.2, 0.25) is 10.0 Å². The van der Waals surface area contributed by atoms with Gasteiger partial charge in [-0.2, -0.15) is 5.10 Å². The number of aromatic amines is 1. The molecule has 0 aliphatic carbocycles. The van der Waals surface area contributed by atoms with Gasteiger partial charge in [0.25, 0.3) is 5.56 Å². The summed E-state index contributed by atoms with van der Waals surface area (Å²) < 4.78 is 0. The normalized spacial score (nSPS) is 15.3. The molecule has 0 radical (unpaired) electrons. The Kier molecular flexibility index (Phi) is 4.03. The molecule has 1 aromatic heterocycles. The third kappa shape index (κ3) is 2.99. The third-order valence-corrected chi connectivity index (χ3v) is 4.07. The predicted molar refractivity (Wildman–Crippen MR) is 85.7 cm³/mol. The molecule has 5 nitrogen and oxygen atoms in total. The quantitative estimate of drug-likeness (QED) is 0.921. The van der Waals surface area contributed by atoms with Gasteiger partial charge in [0.05, 0.1) is 11.2 Å². The zero-order valence-corrected chi connectivity index (χ0v) is 12.7. The highest BCUT2D eigenvalue weighted by Crippen LogP contribution is 2.24. The van der Waals surface area contributed by atoms with Gasteiger partial charge in [0.2, 0.25) is 0 Å². The minimum absolute atomic E-state index is 0.251. The lowest BCUT2D eigenvalue weighted by molar-refractivity contribution is 0.649. The van der Waals surface area contributed by atoms with Crippen molar-refractivity contribution in [1.82, 2.24) is 10.2 Å². The largest absolute Gasteiger partial charge is 0.368 e. The maximum atomic E-state index is 11.9. The second-order valence-electron chi connectivity index (χ2n) is 4.85. The summed E-state index contributed by atoms with van der Waals surface area (Å²) in [4.78, 5) is 16.1. The molecular formula is C14H14Cl2N4O. The molecule has 21 heavy (non-hydrogen) atoms. The highest BCUT2D eigenvalue weighted by molar-refractivity contribution is 6.33. The van der Waals surface area contributed by atoms with Crippen molar-refractivity contribution in [2.75, 3.05) is 36.0 Å². The minimum Gasteiger partial charge on any atom is -0.368 e. The summed E-state index contributed by atoms with van der Waals surface area (Å²) in [6.07, 6.45) is 1.46. The van der Waals surface area contributed by atoms with Gasteiger partial charge in [-0.05, 0) is 18.2 Å². The van der Waals surface area contributed by atoms with Crippen LogP contribution in [0.3, 0.4) is 0 Å². The molecule has 7 heteroatoms. The van der Waals surface area contributed by atoms with Gasteiger partial charge in [-0.3, -0.25) is 4.79 Å². The average molecular weight is 325 g/mol. The predicted octanol–water partition coefficient (Wildman–Crippen LogP) is 2.40. The molecule has 2 heterocycles. The number of rotatable bonds is 2. The monoisotopic (exact) mass is 324 g/mol. The summed E-state index contributed by atoms with van der Waals surface area (Å²) in [5.74, 6) is 0. The topological polar surface area (TPSA) is 52.2 Å². The molecule has 1 aliphatic heterocycles. The van der Waals surface area contributed by atoms with Crippen molar-refractivity contribution in [2.45, 2.75) is 0 Å². The molecule has 1 fully saturated rings. The number of H-pyrrole nitrogens is 1. The van der Waals surface area contributed by atoms with Crippen molar-refractivity contribution in [2.24, 2.45) is 0 Å². The van der Waals surface area contributed by atoms with Gasteiger partial charge in [-0.15, -0.1) is 0 Å². The fourth-order valence-electron chi connectivity index (χ4n) is 2.53. The van der Waals surface area contributed by atoms with Crippen LogP contribution in [-0.2, 0) is 0 Å². The lowest BCUT2D eigenvalue weighted by atomic mass is 10.2. The van der Waals surface area contributed by atoms with Gasteiger partial charge in [-0.25, -0.2) is 5.10 Å². The first-order chi connectivity index (χ1) is 10.1. The SMILES string of the molecule is O=c1[nH]ncc(Cl)c1N1CCN(c2cccc(Cl)c2)CC1. The van der Waals surface area contributed by atoms with Gasteiger partial charge in [0.1, 0.15) is 5.69 Å². The average Bonchev–Trinajstić information content (AvgIpc) is 2.48. The van der Waals surface area contributed by atoms with Crippen molar-refractivity contribution >= 4 is 34.6 Å². The van der Waals surface area contributed by atoms with E-state index in [1.165, 1.54) is 6.20 Å². The zero-order valence-electron chi connectivity index (χ0n) is 11.2. The Morgan fingerprint density at radius 3 is 2.48 bits per heavy atom. The number of anilines is 2. The van der Waals surface area contributed by atoms with Gasteiger partial charge in [0, 0.05) is 36.9 Å². The Morgan fingerprint density at radius 1 is 1.10 bits per heavy atom. The Balaban J connectivity index is 1.75. The number of nitrogens with zero attached hydrogens (tertiary/aromatic N) is 3. The zero-order chi connectivity index (χ0) is 14.8. The Morgan fingerprint density at radius 2 is 1.81 bits per heavy atom. The molecule has 3 rings (SSSR count). The first-order valence-corrected chi connectivity index (χ1v) is 7.39. The number of benzene rings is 1. The summed E-state index contributed by atoms with van der Waals surface area (Å²) >= 11 is 12.1. The van der Waals surface area contributed by atoms with E-state index in [0.717, 1.165) is 36.9 Å². The van der Waals surface area contributed by atoms with Crippen LogP contribution >= 0.6 is 23.2 Å². The molecular weight excluding hydrogens is 311 g/mol. The number of halogens is 2. The van der Waals surface area contributed by atoms with Crippen molar-refractivity contribution in [1.29, 1.82) is 0 Å². The molecule has 0 spiro atoms. The molecule has 1 N–H and O–H groups in total. The van der Waals surface area contributed by atoms with Crippen molar-refractivity contribution < 1.29 is 0 Å². The van der Waals surface area contributed by atoms with E-state index >= 15 is 0 Å². The van der Waals surface area contributed by atoms with E-state index in [2.05, 4.69) is 15.1 Å². The van der Waals surface area contributed by atoms with Crippen LogP contribution < -0.4 is 15.4 Å². The molecule has 110 valence electrons.